The van der Waals surface area contributed by atoms with E-state index >= 15 is 0 Å². The summed E-state index contributed by atoms with van der Waals surface area (Å²) in [5.74, 6) is -0.530. The highest BCUT2D eigenvalue weighted by atomic mass is 31.2. The van der Waals surface area contributed by atoms with Gasteiger partial charge in [0.25, 0.3) is 5.52 Å². The summed E-state index contributed by atoms with van der Waals surface area (Å²) in [6.07, 6.45) is 0. The molecule has 30 heavy (non-hydrogen) atoms. The monoisotopic (exact) mass is 424 g/mol. The maximum absolute atomic E-state index is 13.4. The van der Waals surface area contributed by atoms with Gasteiger partial charge in [-0.25, -0.2) is 4.79 Å². The molecular formula is C23H21O6P. The predicted molar refractivity (Wildman–Crippen MR) is 112 cm³/mol. The molecule has 0 atom stereocenters. The fourth-order valence-corrected chi connectivity index (χ4v) is 4.06. The van der Waals surface area contributed by atoms with Crippen LogP contribution in [0.1, 0.15) is 31.8 Å². The van der Waals surface area contributed by atoms with Crippen LogP contribution in [0.3, 0.4) is 0 Å². The molecule has 0 aliphatic rings. The van der Waals surface area contributed by atoms with E-state index in [4.69, 9.17) is 9.05 Å². The van der Waals surface area contributed by atoms with E-state index < -0.39 is 19.1 Å². The smallest absolute Gasteiger partial charge is 0.402 e. The summed E-state index contributed by atoms with van der Waals surface area (Å²) < 4.78 is 29.2. The SMILES string of the molecule is COC(=O)c1ccc(C(=O)P(=O)(OCc2ccccc2)OCc2ccccc2)cc1. The second kappa shape index (κ2) is 10.1. The second-order valence-corrected chi connectivity index (χ2v) is 8.31. The zero-order valence-electron chi connectivity index (χ0n) is 16.4. The Hall–Kier alpha value is -3.05. The number of ether oxygens (including phenoxy) is 1. The molecule has 3 aromatic rings. The van der Waals surface area contributed by atoms with Crippen molar-refractivity contribution in [2.45, 2.75) is 13.2 Å². The van der Waals surface area contributed by atoms with Gasteiger partial charge in [0.2, 0.25) is 0 Å². The van der Waals surface area contributed by atoms with E-state index in [-0.39, 0.29) is 24.3 Å². The summed E-state index contributed by atoms with van der Waals surface area (Å²) in [6, 6.07) is 23.9. The van der Waals surface area contributed by atoms with Crippen LogP contribution < -0.4 is 0 Å². The van der Waals surface area contributed by atoms with Crippen LogP contribution in [0.15, 0.2) is 84.9 Å². The average Bonchev–Trinajstić information content (AvgIpc) is 2.82. The van der Waals surface area contributed by atoms with Crippen LogP contribution >= 0.6 is 7.60 Å². The van der Waals surface area contributed by atoms with Gasteiger partial charge in [-0.05, 0) is 35.4 Å². The van der Waals surface area contributed by atoms with Gasteiger partial charge in [-0.2, -0.15) is 0 Å². The van der Waals surface area contributed by atoms with Gasteiger partial charge in [-0.3, -0.25) is 18.4 Å². The molecule has 0 spiro atoms. The lowest BCUT2D eigenvalue weighted by molar-refractivity contribution is 0.0600. The highest BCUT2D eigenvalue weighted by molar-refractivity contribution is 7.72. The third-order valence-electron chi connectivity index (χ3n) is 4.29. The van der Waals surface area contributed by atoms with Gasteiger partial charge >= 0.3 is 13.6 Å². The number of benzene rings is 3. The van der Waals surface area contributed by atoms with Gasteiger partial charge in [0, 0.05) is 5.56 Å². The van der Waals surface area contributed by atoms with Crippen LogP contribution in [0.25, 0.3) is 0 Å². The molecule has 0 amide bonds. The first-order chi connectivity index (χ1) is 14.5. The fraction of sp³-hybridized carbons (Fsp3) is 0.130. The van der Waals surface area contributed by atoms with Crippen LogP contribution in [-0.2, 0) is 31.6 Å². The van der Waals surface area contributed by atoms with Crippen LogP contribution in [0.4, 0.5) is 0 Å². The molecule has 0 bridgehead atoms. The Morgan fingerprint density at radius 1 is 0.700 bits per heavy atom. The molecule has 0 aromatic heterocycles. The normalized spacial score (nSPS) is 11.1. The number of hydrogen-bond donors (Lipinski definition) is 0. The molecule has 0 radical (unpaired) electrons. The third-order valence-corrected chi connectivity index (χ3v) is 5.98. The molecule has 0 saturated carbocycles. The van der Waals surface area contributed by atoms with E-state index in [1.807, 2.05) is 36.4 Å². The maximum atomic E-state index is 13.4. The molecule has 3 aromatic carbocycles. The molecule has 0 heterocycles. The van der Waals surface area contributed by atoms with Crippen molar-refractivity contribution in [3.05, 3.63) is 107 Å². The molecule has 0 aliphatic carbocycles. The number of methoxy groups -OCH3 is 1. The highest BCUT2D eigenvalue weighted by Crippen LogP contribution is 2.52. The van der Waals surface area contributed by atoms with E-state index in [0.29, 0.717) is 0 Å². The minimum atomic E-state index is -4.16. The Morgan fingerprint density at radius 3 is 1.57 bits per heavy atom. The number of carbonyl (C=O) groups excluding carboxylic acids is 2. The third kappa shape index (κ3) is 5.51. The lowest BCUT2D eigenvalue weighted by Crippen LogP contribution is -2.09. The van der Waals surface area contributed by atoms with E-state index in [0.717, 1.165) is 11.1 Å². The molecule has 6 nitrogen and oxygen atoms in total. The van der Waals surface area contributed by atoms with Crippen molar-refractivity contribution in [2.75, 3.05) is 7.11 Å². The summed E-state index contributed by atoms with van der Waals surface area (Å²) in [5.41, 5.74) is 1.14. The molecule has 0 fully saturated rings. The standard InChI is InChI=1S/C23H21O6P/c1-27-22(24)20-12-14-21(15-13-20)23(25)30(26,28-16-18-8-4-2-5-9-18)29-17-19-10-6-3-7-11-19/h2-15H,16-17H2,1H3. The van der Waals surface area contributed by atoms with Gasteiger partial charge in [-0.15, -0.1) is 0 Å². The van der Waals surface area contributed by atoms with E-state index in [1.165, 1.54) is 31.4 Å². The largest absolute Gasteiger partial charge is 0.465 e. The molecule has 7 heteroatoms. The zero-order chi connectivity index (χ0) is 21.4. The Bertz CT molecular complexity index is 985. The lowest BCUT2D eigenvalue weighted by atomic mass is 10.1. The Kier molecular flexibility index (Phi) is 7.31. The van der Waals surface area contributed by atoms with Crippen molar-refractivity contribution in [3.63, 3.8) is 0 Å². The van der Waals surface area contributed by atoms with Crippen molar-refractivity contribution in [3.8, 4) is 0 Å². The maximum Gasteiger partial charge on any atom is 0.402 e. The van der Waals surface area contributed by atoms with Crippen molar-refractivity contribution in [1.82, 2.24) is 0 Å². The van der Waals surface area contributed by atoms with Gasteiger partial charge < -0.3 is 4.74 Å². The number of esters is 1. The lowest BCUT2D eigenvalue weighted by Gasteiger charge is -2.18. The van der Waals surface area contributed by atoms with Crippen molar-refractivity contribution in [2.24, 2.45) is 0 Å². The first-order valence-corrected chi connectivity index (χ1v) is 10.8. The summed E-state index contributed by atoms with van der Waals surface area (Å²) in [5, 5.41) is 0. The first-order valence-electron chi connectivity index (χ1n) is 9.22. The van der Waals surface area contributed by atoms with Gasteiger partial charge in [-0.1, -0.05) is 60.7 Å². The highest BCUT2D eigenvalue weighted by Gasteiger charge is 2.36. The molecule has 154 valence electrons. The fourth-order valence-electron chi connectivity index (χ4n) is 2.65. The topological polar surface area (TPSA) is 78.9 Å². The summed E-state index contributed by atoms with van der Waals surface area (Å²) in [6.45, 7) is -0.0855. The van der Waals surface area contributed by atoms with E-state index in [2.05, 4.69) is 4.74 Å². The first kappa shape index (κ1) is 21.7. The summed E-state index contributed by atoms with van der Waals surface area (Å²) in [7, 11) is -2.90. The predicted octanol–water partition coefficient (Wildman–Crippen LogP) is 5.24. The minimum absolute atomic E-state index is 0.0428. The average molecular weight is 424 g/mol. The summed E-state index contributed by atoms with van der Waals surface area (Å²) in [4.78, 5) is 24.6. The molecule has 0 saturated heterocycles. The number of rotatable bonds is 9. The Morgan fingerprint density at radius 2 is 1.13 bits per heavy atom. The Labute approximate surface area is 174 Å². The van der Waals surface area contributed by atoms with Crippen molar-refractivity contribution < 1.29 is 27.9 Å². The van der Waals surface area contributed by atoms with Crippen LogP contribution in [-0.4, -0.2) is 18.6 Å². The molecule has 0 N–H and O–H groups in total. The quantitative estimate of drug-likeness (QED) is 0.345. The molecule has 3 rings (SSSR count). The molecular weight excluding hydrogens is 403 g/mol. The molecule has 0 unspecified atom stereocenters. The van der Waals surface area contributed by atoms with E-state index in [1.54, 1.807) is 24.3 Å². The van der Waals surface area contributed by atoms with Crippen LogP contribution in [0.5, 0.6) is 0 Å². The van der Waals surface area contributed by atoms with E-state index in [9.17, 15) is 14.2 Å². The van der Waals surface area contributed by atoms with Gasteiger partial charge in [0.1, 0.15) is 0 Å². The zero-order valence-corrected chi connectivity index (χ0v) is 17.3. The van der Waals surface area contributed by atoms with Gasteiger partial charge in [0.15, 0.2) is 0 Å². The number of carbonyl (C=O) groups is 2. The van der Waals surface area contributed by atoms with Gasteiger partial charge in [0.05, 0.1) is 25.9 Å². The second-order valence-electron chi connectivity index (χ2n) is 6.39. The van der Waals surface area contributed by atoms with Crippen molar-refractivity contribution >= 4 is 19.1 Å². The summed E-state index contributed by atoms with van der Waals surface area (Å²) >= 11 is 0. The molecule has 0 aliphatic heterocycles. The Balaban J connectivity index is 1.82. The van der Waals surface area contributed by atoms with Crippen LogP contribution in [0, 0.1) is 0 Å². The minimum Gasteiger partial charge on any atom is -0.465 e. The van der Waals surface area contributed by atoms with Crippen molar-refractivity contribution in [1.29, 1.82) is 0 Å². The van der Waals surface area contributed by atoms with Crippen LogP contribution in [0.2, 0.25) is 0 Å². The number of hydrogen-bond acceptors (Lipinski definition) is 6.